The van der Waals surface area contributed by atoms with Crippen molar-refractivity contribution in [1.82, 2.24) is 15.2 Å². The van der Waals surface area contributed by atoms with E-state index in [2.05, 4.69) is 20.1 Å². The number of aromatic amines is 1. The normalized spacial score (nSPS) is 17.2. The van der Waals surface area contributed by atoms with Crippen molar-refractivity contribution in [3.63, 3.8) is 0 Å². The Kier molecular flexibility index (Phi) is 3.17. The molecule has 0 unspecified atom stereocenters. The second kappa shape index (κ2) is 4.47. The Bertz CT molecular complexity index is 441. The summed E-state index contributed by atoms with van der Waals surface area (Å²) in [6.07, 6.45) is 3.57. The third-order valence-corrected chi connectivity index (χ3v) is 3.05. The smallest absolute Gasteiger partial charge is 0.274 e. The first kappa shape index (κ1) is 12.1. The Balaban J connectivity index is 2.27. The van der Waals surface area contributed by atoms with Crippen molar-refractivity contribution in [3.8, 4) is 0 Å². The molecule has 2 heterocycles. The van der Waals surface area contributed by atoms with Gasteiger partial charge in [0, 0.05) is 18.5 Å². The minimum absolute atomic E-state index is 0.118. The zero-order valence-electron chi connectivity index (χ0n) is 10.8. The molecule has 1 aromatic rings. The van der Waals surface area contributed by atoms with E-state index in [1.807, 2.05) is 20.8 Å². The van der Waals surface area contributed by atoms with Crippen LogP contribution in [-0.2, 0) is 5.41 Å². The summed E-state index contributed by atoms with van der Waals surface area (Å²) in [6, 6.07) is 0. The molecular formula is C12H20N4O. The van der Waals surface area contributed by atoms with Crippen molar-refractivity contribution in [3.05, 3.63) is 16.0 Å². The zero-order chi connectivity index (χ0) is 12.5. The van der Waals surface area contributed by atoms with Gasteiger partial charge in [-0.15, -0.1) is 10.2 Å². The van der Waals surface area contributed by atoms with Gasteiger partial charge in [-0.1, -0.05) is 20.8 Å². The van der Waals surface area contributed by atoms with Crippen molar-refractivity contribution in [2.45, 2.75) is 45.4 Å². The van der Waals surface area contributed by atoms with Crippen LogP contribution in [0, 0.1) is 0 Å². The van der Waals surface area contributed by atoms with Crippen LogP contribution < -0.4 is 10.5 Å². The van der Waals surface area contributed by atoms with Crippen LogP contribution in [0.15, 0.2) is 4.79 Å². The molecule has 5 heteroatoms. The first-order chi connectivity index (χ1) is 7.98. The highest BCUT2D eigenvalue weighted by molar-refractivity contribution is 5.28. The molecule has 1 fully saturated rings. The first-order valence-electron chi connectivity index (χ1n) is 6.21. The van der Waals surface area contributed by atoms with Crippen LogP contribution >= 0.6 is 0 Å². The number of aromatic nitrogens is 3. The van der Waals surface area contributed by atoms with Crippen molar-refractivity contribution in [2.24, 2.45) is 0 Å². The number of H-pyrrole nitrogens is 1. The van der Waals surface area contributed by atoms with Crippen LogP contribution in [0.1, 0.15) is 45.7 Å². The number of nitrogens with zero attached hydrogens (tertiary/aromatic N) is 3. The van der Waals surface area contributed by atoms with Crippen molar-refractivity contribution in [1.29, 1.82) is 0 Å². The van der Waals surface area contributed by atoms with Crippen LogP contribution in [0.3, 0.4) is 0 Å². The second-order valence-electron chi connectivity index (χ2n) is 5.62. The highest BCUT2D eigenvalue weighted by Gasteiger charge is 2.22. The summed E-state index contributed by atoms with van der Waals surface area (Å²) < 4.78 is 0. The summed E-state index contributed by atoms with van der Waals surface area (Å²) in [5, 5.41) is 8.24. The summed E-state index contributed by atoms with van der Waals surface area (Å²) in [6.45, 7) is 7.81. The molecule has 0 spiro atoms. The van der Waals surface area contributed by atoms with E-state index in [1.165, 1.54) is 6.42 Å². The third kappa shape index (κ3) is 2.65. The van der Waals surface area contributed by atoms with Gasteiger partial charge >= 0.3 is 0 Å². The topological polar surface area (TPSA) is 61.9 Å². The number of anilines is 1. The number of hydrogen-bond acceptors (Lipinski definition) is 4. The van der Waals surface area contributed by atoms with Gasteiger partial charge in [-0.25, -0.2) is 0 Å². The highest BCUT2D eigenvalue weighted by atomic mass is 16.1. The zero-order valence-corrected chi connectivity index (χ0v) is 10.8. The molecule has 0 atom stereocenters. The summed E-state index contributed by atoms with van der Waals surface area (Å²) in [4.78, 5) is 16.9. The maximum absolute atomic E-state index is 11.9. The fourth-order valence-electron chi connectivity index (χ4n) is 2.07. The maximum Gasteiger partial charge on any atom is 0.274 e. The lowest BCUT2D eigenvalue weighted by Crippen LogP contribution is -2.35. The van der Waals surface area contributed by atoms with E-state index in [0.717, 1.165) is 25.9 Å². The van der Waals surface area contributed by atoms with Crippen LogP contribution in [0.5, 0.6) is 0 Å². The third-order valence-electron chi connectivity index (χ3n) is 3.05. The van der Waals surface area contributed by atoms with E-state index in [0.29, 0.717) is 11.6 Å². The predicted molar refractivity (Wildman–Crippen MR) is 67.4 cm³/mol. The van der Waals surface area contributed by atoms with E-state index in [-0.39, 0.29) is 11.0 Å². The lowest BCUT2D eigenvalue weighted by atomic mass is 9.93. The Morgan fingerprint density at radius 2 is 1.76 bits per heavy atom. The lowest BCUT2D eigenvalue weighted by Gasteiger charge is -2.27. The summed E-state index contributed by atoms with van der Waals surface area (Å²) in [5.74, 6) is 0.614. The van der Waals surface area contributed by atoms with Gasteiger partial charge in [0.2, 0.25) is 5.95 Å². The minimum atomic E-state index is -0.263. The van der Waals surface area contributed by atoms with Crippen LogP contribution in [0.4, 0.5) is 5.95 Å². The Labute approximate surface area is 101 Å². The molecule has 5 nitrogen and oxygen atoms in total. The molecule has 0 aliphatic carbocycles. The monoisotopic (exact) mass is 236 g/mol. The van der Waals surface area contributed by atoms with E-state index < -0.39 is 0 Å². The molecule has 1 saturated heterocycles. The van der Waals surface area contributed by atoms with E-state index in [1.54, 1.807) is 0 Å². The van der Waals surface area contributed by atoms with E-state index in [4.69, 9.17) is 0 Å². The van der Waals surface area contributed by atoms with E-state index >= 15 is 0 Å². The molecule has 1 N–H and O–H groups in total. The van der Waals surface area contributed by atoms with Gasteiger partial charge in [-0.2, -0.15) is 0 Å². The van der Waals surface area contributed by atoms with Crippen LogP contribution in [0.25, 0.3) is 0 Å². The van der Waals surface area contributed by atoms with Gasteiger partial charge in [0.15, 0.2) is 0 Å². The Morgan fingerprint density at radius 3 is 2.29 bits per heavy atom. The summed E-state index contributed by atoms with van der Waals surface area (Å²) in [7, 11) is 0. The average Bonchev–Trinajstić information content (AvgIpc) is 2.28. The Morgan fingerprint density at radius 1 is 1.12 bits per heavy atom. The number of hydrogen-bond donors (Lipinski definition) is 1. The minimum Gasteiger partial charge on any atom is -0.341 e. The second-order valence-corrected chi connectivity index (χ2v) is 5.62. The van der Waals surface area contributed by atoms with Crippen molar-refractivity contribution in [2.75, 3.05) is 18.0 Å². The molecule has 1 aliphatic rings. The van der Waals surface area contributed by atoms with Crippen LogP contribution in [0.2, 0.25) is 0 Å². The summed E-state index contributed by atoms with van der Waals surface area (Å²) >= 11 is 0. The number of rotatable bonds is 1. The molecule has 0 radical (unpaired) electrons. The average molecular weight is 236 g/mol. The molecule has 2 rings (SSSR count). The van der Waals surface area contributed by atoms with Crippen molar-refractivity contribution < 1.29 is 0 Å². The Hall–Kier alpha value is -1.39. The van der Waals surface area contributed by atoms with Gasteiger partial charge in [-0.05, 0) is 19.3 Å². The molecule has 1 aromatic heterocycles. The van der Waals surface area contributed by atoms with Gasteiger partial charge in [0.25, 0.3) is 5.56 Å². The molecular weight excluding hydrogens is 216 g/mol. The lowest BCUT2D eigenvalue weighted by molar-refractivity contribution is 0.533. The van der Waals surface area contributed by atoms with Gasteiger partial charge in [0.05, 0.1) is 0 Å². The molecule has 0 saturated carbocycles. The largest absolute Gasteiger partial charge is 0.341 e. The number of piperidine rings is 1. The van der Waals surface area contributed by atoms with Crippen molar-refractivity contribution >= 4 is 5.95 Å². The SMILES string of the molecule is CC(C)(C)c1nnc(N2CCCCC2)[nH]c1=O. The molecule has 0 amide bonds. The fourth-order valence-corrected chi connectivity index (χ4v) is 2.07. The molecule has 0 aromatic carbocycles. The molecule has 0 bridgehead atoms. The van der Waals surface area contributed by atoms with Gasteiger partial charge in [-0.3, -0.25) is 9.78 Å². The standard InChI is InChI=1S/C12H20N4O/c1-12(2,3)9-10(17)13-11(15-14-9)16-7-5-4-6-8-16/h4-8H2,1-3H3,(H,13,15,17). The first-order valence-corrected chi connectivity index (χ1v) is 6.21. The predicted octanol–water partition coefficient (Wildman–Crippen LogP) is 1.45. The van der Waals surface area contributed by atoms with Gasteiger partial charge < -0.3 is 4.90 Å². The molecule has 94 valence electrons. The highest BCUT2D eigenvalue weighted by Crippen LogP contribution is 2.17. The fraction of sp³-hybridized carbons (Fsp3) is 0.750. The summed E-state index contributed by atoms with van der Waals surface area (Å²) in [5.41, 5.74) is 0.118. The van der Waals surface area contributed by atoms with Crippen LogP contribution in [-0.4, -0.2) is 28.3 Å². The van der Waals surface area contributed by atoms with E-state index in [9.17, 15) is 4.79 Å². The quantitative estimate of drug-likeness (QED) is 0.801. The van der Waals surface area contributed by atoms with Gasteiger partial charge in [0.1, 0.15) is 5.69 Å². The molecule has 1 aliphatic heterocycles. The number of nitrogens with one attached hydrogen (secondary N) is 1. The molecule has 17 heavy (non-hydrogen) atoms. The maximum atomic E-state index is 11.9.